The van der Waals surface area contributed by atoms with Gasteiger partial charge in [0.05, 0.1) is 21.6 Å². The number of halogens is 3. The van der Waals surface area contributed by atoms with Gasteiger partial charge in [0.1, 0.15) is 11.5 Å². The van der Waals surface area contributed by atoms with Crippen LogP contribution >= 0.6 is 11.8 Å². The second kappa shape index (κ2) is 12.2. The SMILES string of the molecule is Cc1cc(OCC(=O)O)cc(C(C)C)c1S(=O)(=O)n1c(SCc2nccc(OCC(F)(F)F)c2C)nc2ccccc21. The minimum Gasteiger partial charge on any atom is -0.484 e. The van der Waals surface area contributed by atoms with Gasteiger partial charge in [0.2, 0.25) is 0 Å². The van der Waals surface area contributed by atoms with Crippen molar-refractivity contribution in [2.45, 2.75) is 55.6 Å². The Morgan fingerprint density at radius 1 is 1.12 bits per heavy atom. The molecule has 0 amide bonds. The van der Waals surface area contributed by atoms with Crippen molar-refractivity contribution in [3.8, 4) is 11.5 Å². The molecule has 4 aromatic rings. The van der Waals surface area contributed by atoms with Gasteiger partial charge in [-0.3, -0.25) is 4.98 Å². The molecule has 0 aliphatic rings. The van der Waals surface area contributed by atoms with Crippen LogP contribution in [0.25, 0.3) is 11.0 Å². The summed E-state index contributed by atoms with van der Waals surface area (Å²) in [6.45, 7) is 4.80. The Hall–Kier alpha value is -3.78. The van der Waals surface area contributed by atoms with Gasteiger partial charge in [-0.25, -0.2) is 22.2 Å². The summed E-state index contributed by atoms with van der Waals surface area (Å²) in [7, 11) is -4.26. The number of benzene rings is 2. The highest BCUT2D eigenvalue weighted by atomic mass is 32.2. The monoisotopic (exact) mass is 623 g/mol. The Labute approximate surface area is 244 Å². The first-order chi connectivity index (χ1) is 19.7. The molecule has 2 aromatic carbocycles. The van der Waals surface area contributed by atoms with Crippen LogP contribution in [0.5, 0.6) is 11.5 Å². The number of aryl methyl sites for hydroxylation is 1. The van der Waals surface area contributed by atoms with Gasteiger partial charge in [0, 0.05) is 17.5 Å². The lowest BCUT2D eigenvalue weighted by Gasteiger charge is -2.19. The third-order valence-corrected chi connectivity index (χ3v) is 9.23. The van der Waals surface area contributed by atoms with Crippen molar-refractivity contribution >= 4 is 38.8 Å². The summed E-state index contributed by atoms with van der Waals surface area (Å²) in [5.41, 5.74) is 2.38. The first-order valence-corrected chi connectivity index (χ1v) is 15.1. The van der Waals surface area contributed by atoms with E-state index < -0.39 is 35.4 Å². The Morgan fingerprint density at radius 2 is 1.83 bits per heavy atom. The molecule has 9 nitrogen and oxygen atoms in total. The molecule has 0 spiro atoms. The molecule has 0 fully saturated rings. The molecule has 0 unspecified atom stereocenters. The number of alkyl halides is 3. The quantitative estimate of drug-likeness (QED) is 0.197. The number of rotatable bonds is 11. The number of thioether (sulfide) groups is 1. The minimum atomic E-state index is -4.50. The highest BCUT2D eigenvalue weighted by Gasteiger charge is 2.31. The third kappa shape index (κ3) is 6.81. The van der Waals surface area contributed by atoms with E-state index in [1.807, 2.05) is 13.8 Å². The van der Waals surface area contributed by atoms with Crippen LogP contribution in [-0.4, -0.2) is 52.8 Å². The topological polar surface area (TPSA) is 121 Å². The standard InChI is InChI=1S/C28H28F3N3O6S2/c1-16(2)20-12-19(39-13-25(35)36)11-17(3)26(20)42(37,38)34-23-8-6-5-7-21(23)33-27(34)41-14-22-18(4)24(9-10-32-22)40-15-28(29,30)31/h5-12,16H,13-15H2,1-4H3,(H,35,36). The summed E-state index contributed by atoms with van der Waals surface area (Å²) >= 11 is 1.07. The van der Waals surface area contributed by atoms with Crippen LogP contribution in [0, 0.1) is 13.8 Å². The van der Waals surface area contributed by atoms with Gasteiger partial charge in [-0.2, -0.15) is 13.2 Å². The van der Waals surface area contributed by atoms with E-state index in [-0.39, 0.29) is 33.2 Å². The van der Waals surface area contributed by atoms with Crippen LogP contribution in [0.2, 0.25) is 0 Å². The zero-order chi connectivity index (χ0) is 30.8. The molecular weight excluding hydrogens is 595 g/mol. The predicted octanol–water partition coefficient (Wildman–Crippen LogP) is 6.11. The van der Waals surface area contributed by atoms with Gasteiger partial charge in [-0.1, -0.05) is 37.7 Å². The number of nitrogens with zero attached hydrogens (tertiary/aromatic N) is 3. The van der Waals surface area contributed by atoms with Crippen LogP contribution in [-0.2, 0) is 20.6 Å². The lowest BCUT2D eigenvalue weighted by Crippen LogP contribution is -2.19. The zero-order valence-corrected chi connectivity index (χ0v) is 24.7. The van der Waals surface area contributed by atoms with Crippen molar-refractivity contribution < 1.29 is 41.0 Å². The van der Waals surface area contributed by atoms with E-state index in [4.69, 9.17) is 14.6 Å². The summed E-state index contributed by atoms with van der Waals surface area (Å²) in [6, 6.07) is 11.1. The molecule has 1 N–H and O–H groups in total. The Balaban J connectivity index is 1.77. The number of ether oxygens (including phenoxy) is 2. The number of carboxylic acids is 1. The number of hydrogen-bond acceptors (Lipinski definition) is 8. The second-order valence-electron chi connectivity index (χ2n) is 9.72. The first-order valence-electron chi connectivity index (χ1n) is 12.7. The molecule has 2 aromatic heterocycles. The number of carboxylic acid groups (broad SMARTS) is 1. The summed E-state index contributed by atoms with van der Waals surface area (Å²) in [6.07, 6.45) is -3.17. The largest absolute Gasteiger partial charge is 0.484 e. The fourth-order valence-corrected chi connectivity index (χ4v) is 7.61. The molecule has 14 heteroatoms. The van der Waals surface area contributed by atoms with E-state index in [0.717, 1.165) is 15.7 Å². The average molecular weight is 624 g/mol. The summed E-state index contributed by atoms with van der Waals surface area (Å²) < 4.78 is 78.3. The fraction of sp³-hybridized carbons (Fsp3) is 0.321. The number of aliphatic carboxylic acids is 1. The predicted molar refractivity (Wildman–Crippen MR) is 151 cm³/mol. The normalized spacial score (nSPS) is 12.2. The first kappa shape index (κ1) is 31.2. The lowest BCUT2D eigenvalue weighted by molar-refractivity contribution is -0.153. The van der Waals surface area contributed by atoms with Crippen LogP contribution in [0.3, 0.4) is 0 Å². The summed E-state index contributed by atoms with van der Waals surface area (Å²) in [5, 5.41) is 9.13. The molecule has 0 aliphatic carbocycles. The molecule has 224 valence electrons. The van der Waals surface area contributed by atoms with E-state index in [1.54, 1.807) is 38.1 Å². The van der Waals surface area contributed by atoms with Gasteiger partial charge in [0.25, 0.3) is 10.0 Å². The highest BCUT2D eigenvalue weighted by molar-refractivity contribution is 7.99. The molecule has 42 heavy (non-hydrogen) atoms. The van der Waals surface area contributed by atoms with Crippen molar-refractivity contribution in [2.75, 3.05) is 13.2 Å². The molecule has 0 saturated carbocycles. The molecular formula is C28H28F3N3O6S2. The Morgan fingerprint density at radius 3 is 2.50 bits per heavy atom. The van der Waals surface area contributed by atoms with Crippen molar-refractivity contribution in [1.82, 2.24) is 13.9 Å². The van der Waals surface area contributed by atoms with Crippen LogP contribution in [0.4, 0.5) is 13.2 Å². The van der Waals surface area contributed by atoms with Crippen LogP contribution in [0.15, 0.2) is 58.7 Å². The minimum absolute atomic E-state index is 0.0291. The van der Waals surface area contributed by atoms with Gasteiger partial charge in [0.15, 0.2) is 18.4 Å². The van der Waals surface area contributed by atoms with Gasteiger partial charge >= 0.3 is 12.1 Å². The third-order valence-electron chi connectivity index (χ3n) is 6.24. The van der Waals surface area contributed by atoms with E-state index >= 15 is 0 Å². The Kier molecular flexibility index (Phi) is 9.06. The van der Waals surface area contributed by atoms with Crippen molar-refractivity contribution in [2.24, 2.45) is 0 Å². The Bertz CT molecular complexity index is 1740. The number of imidazole rings is 1. The van der Waals surface area contributed by atoms with Gasteiger partial charge in [-0.15, -0.1) is 0 Å². The fourth-order valence-electron chi connectivity index (χ4n) is 4.33. The number of para-hydroxylation sites is 2. The molecule has 0 aliphatic heterocycles. The van der Waals surface area contributed by atoms with Gasteiger partial charge < -0.3 is 14.6 Å². The molecule has 0 radical (unpaired) electrons. The van der Waals surface area contributed by atoms with Crippen molar-refractivity contribution in [1.29, 1.82) is 0 Å². The second-order valence-corrected chi connectivity index (χ2v) is 12.4. The number of carbonyl (C=O) groups is 1. The molecule has 0 saturated heterocycles. The zero-order valence-electron chi connectivity index (χ0n) is 23.1. The molecule has 4 rings (SSSR count). The van der Waals surface area contributed by atoms with E-state index in [0.29, 0.717) is 33.4 Å². The maximum Gasteiger partial charge on any atom is 0.422 e. The number of hydrogen-bond donors (Lipinski definition) is 1. The van der Waals surface area contributed by atoms with Crippen molar-refractivity contribution in [3.05, 3.63) is 71.0 Å². The lowest BCUT2D eigenvalue weighted by atomic mass is 10.0. The van der Waals surface area contributed by atoms with Crippen molar-refractivity contribution in [3.63, 3.8) is 0 Å². The highest BCUT2D eigenvalue weighted by Crippen LogP contribution is 2.37. The molecule has 0 atom stereocenters. The van der Waals surface area contributed by atoms with E-state index in [1.165, 1.54) is 24.4 Å². The summed E-state index contributed by atoms with van der Waals surface area (Å²) in [4.78, 5) is 19.9. The van der Waals surface area contributed by atoms with E-state index in [9.17, 15) is 26.4 Å². The van der Waals surface area contributed by atoms with E-state index in [2.05, 4.69) is 9.97 Å². The number of pyridine rings is 1. The summed E-state index contributed by atoms with van der Waals surface area (Å²) in [5.74, 6) is -1.06. The smallest absolute Gasteiger partial charge is 0.422 e. The number of fused-ring (bicyclic) bond motifs is 1. The average Bonchev–Trinajstić information content (AvgIpc) is 3.29. The number of aromatic nitrogens is 3. The maximum atomic E-state index is 14.4. The molecule has 0 bridgehead atoms. The van der Waals surface area contributed by atoms with Crippen LogP contribution < -0.4 is 9.47 Å². The van der Waals surface area contributed by atoms with Crippen LogP contribution in [0.1, 0.15) is 42.1 Å². The molecule has 2 heterocycles. The van der Waals surface area contributed by atoms with Gasteiger partial charge in [-0.05, 0) is 61.2 Å². The maximum absolute atomic E-state index is 14.4.